The third kappa shape index (κ3) is 7.39. The van der Waals surface area contributed by atoms with E-state index in [4.69, 9.17) is 9.47 Å². The molecule has 1 unspecified atom stereocenters. The van der Waals surface area contributed by atoms with Crippen molar-refractivity contribution in [3.63, 3.8) is 0 Å². The second-order valence-electron chi connectivity index (χ2n) is 9.11. The molecule has 1 aliphatic rings. The minimum Gasteiger partial charge on any atom is -0.466 e. The maximum Gasteiger partial charge on any atom is 0.416 e. The number of alkyl halides is 3. The van der Waals surface area contributed by atoms with Gasteiger partial charge in [-0.05, 0) is 45.0 Å². The number of allylic oxidation sites excluding steroid dienone is 2. The molecule has 206 valence electrons. The highest BCUT2D eigenvalue weighted by molar-refractivity contribution is 5.99. The first kappa shape index (κ1) is 30.9. The molecule has 10 heteroatoms. The largest absolute Gasteiger partial charge is 0.466 e. The molecule has 0 aromatic heterocycles. The highest BCUT2D eigenvalue weighted by Gasteiger charge is 2.39. The molecule has 0 fully saturated rings. The lowest BCUT2D eigenvalue weighted by Crippen LogP contribution is -2.33. The van der Waals surface area contributed by atoms with Crippen LogP contribution in [0.3, 0.4) is 0 Å². The van der Waals surface area contributed by atoms with Crippen molar-refractivity contribution in [2.24, 2.45) is 0 Å². The minimum absolute atomic E-state index is 0. The molecule has 1 heterocycles. The number of methoxy groups -OCH3 is 1. The molecule has 1 N–H and O–H groups in total. The van der Waals surface area contributed by atoms with Crippen LogP contribution in [0.25, 0.3) is 0 Å². The summed E-state index contributed by atoms with van der Waals surface area (Å²) in [6.07, 6.45) is -4.59. The minimum atomic E-state index is -4.59. The SMILES string of the molecule is COC(=O)C1=C(C)NC(C)=C(C(=O)OCCN(C)Cc2ccc(C)cc2)C1c1cccc(C(F)(F)F)c1.Cl. The average Bonchev–Trinajstić information content (AvgIpc) is 2.84. The van der Waals surface area contributed by atoms with E-state index >= 15 is 0 Å². The summed E-state index contributed by atoms with van der Waals surface area (Å²) in [6, 6.07) is 12.7. The van der Waals surface area contributed by atoms with E-state index in [0.29, 0.717) is 24.5 Å². The zero-order valence-corrected chi connectivity index (χ0v) is 22.8. The Hall–Kier alpha value is -3.30. The van der Waals surface area contributed by atoms with Gasteiger partial charge in [-0.25, -0.2) is 9.59 Å². The first-order valence-corrected chi connectivity index (χ1v) is 11.8. The van der Waals surface area contributed by atoms with Crippen molar-refractivity contribution in [2.75, 3.05) is 27.3 Å². The van der Waals surface area contributed by atoms with Gasteiger partial charge in [-0.15, -0.1) is 12.4 Å². The summed E-state index contributed by atoms with van der Waals surface area (Å²) >= 11 is 0. The highest BCUT2D eigenvalue weighted by atomic mass is 35.5. The van der Waals surface area contributed by atoms with Crippen LogP contribution in [-0.4, -0.2) is 44.1 Å². The Morgan fingerprint density at radius 2 is 1.58 bits per heavy atom. The molecular weight excluding hydrogens is 521 g/mol. The van der Waals surface area contributed by atoms with Crippen LogP contribution in [0.15, 0.2) is 71.1 Å². The number of aryl methyl sites for hydroxylation is 1. The summed E-state index contributed by atoms with van der Waals surface area (Å²) in [4.78, 5) is 28.0. The lowest BCUT2D eigenvalue weighted by atomic mass is 9.80. The normalized spacial score (nSPS) is 15.7. The number of dihydropyridines is 1. The first-order valence-electron chi connectivity index (χ1n) is 11.8. The number of nitrogens with one attached hydrogen (secondary N) is 1. The number of carbonyl (C=O) groups is 2. The van der Waals surface area contributed by atoms with Crippen molar-refractivity contribution in [1.29, 1.82) is 0 Å². The predicted molar refractivity (Wildman–Crippen MR) is 140 cm³/mol. The van der Waals surface area contributed by atoms with Gasteiger partial charge in [0.1, 0.15) is 6.61 Å². The number of rotatable bonds is 8. The Bertz CT molecular complexity index is 1220. The van der Waals surface area contributed by atoms with Gasteiger partial charge < -0.3 is 14.8 Å². The molecule has 38 heavy (non-hydrogen) atoms. The van der Waals surface area contributed by atoms with Crippen LogP contribution in [0.1, 0.15) is 42.0 Å². The number of carbonyl (C=O) groups excluding carboxylic acids is 2. The topological polar surface area (TPSA) is 67.9 Å². The molecule has 1 atom stereocenters. The van der Waals surface area contributed by atoms with Crippen molar-refractivity contribution in [1.82, 2.24) is 10.2 Å². The lowest BCUT2D eigenvalue weighted by molar-refractivity contribution is -0.140. The molecule has 2 aromatic carbocycles. The Labute approximate surface area is 226 Å². The summed E-state index contributed by atoms with van der Waals surface area (Å²) in [5.41, 5.74) is 2.43. The fraction of sp³-hybridized carbons (Fsp3) is 0.357. The zero-order chi connectivity index (χ0) is 27.3. The second-order valence-corrected chi connectivity index (χ2v) is 9.11. The molecular formula is C28H32ClF3N2O4. The van der Waals surface area contributed by atoms with Crippen LogP contribution in [0.5, 0.6) is 0 Å². The average molecular weight is 553 g/mol. The third-order valence-electron chi connectivity index (χ3n) is 6.21. The Balaban J connectivity index is 0.00000507. The molecule has 0 aliphatic carbocycles. The van der Waals surface area contributed by atoms with Crippen LogP contribution in [0.2, 0.25) is 0 Å². The van der Waals surface area contributed by atoms with Gasteiger partial charge in [0.15, 0.2) is 0 Å². The van der Waals surface area contributed by atoms with Crippen LogP contribution in [0, 0.1) is 6.92 Å². The van der Waals surface area contributed by atoms with Crippen LogP contribution in [-0.2, 0) is 31.8 Å². The van der Waals surface area contributed by atoms with E-state index in [1.165, 1.54) is 19.2 Å². The maximum atomic E-state index is 13.5. The first-order chi connectivity index (χ1) is 17.4. The van der Waals surface area contributed by atoms with E-state index < -0.39 is 29.6 Å². The summed E-state index contributed by atoms with van der Waals surface area (Å²) in [7, 11) is 3.08. The summed E-state index contributed by atoms with van der Waals surface area (Å²) < 4.78 is 50.8. The fourth-order valence-electron chi connectivity index (χ4n) is 4.33. The Morgan fingerprint density at radius 1 is 0.974 bits per heavy atom. The van der Waals surface area contributed by atoms with Crippen molar-refractivity contribution in [3.8, 4) is 0 Å². The van der Waals surface area contributed by atoms with Gasteiger partial charge in [0.05, 0.1) is 29.7 Å². The summed E-state index contributed by atoms with van der Waals surface area (Å²) in [5.74, 6) is -2.55. The number of esters is 2. The van der Waals surface area contributed by atoms with Crippen LogP contribution < -0.4 is 5.32 Å². The van der Waals surface area contributed by atoms with Crippen molar-refractivity contribution < 1.29 is 32.2 Å². The molecule has 2 aromatic rings. The zero-order valence-electron chi connectivity index (χ0n) is 21.9. The Morgan fingerprint density at radius 3 is 2.16 bits per heavy atom. The molecule has 1 aliphatic heterocycles. The van der Waals surface area contributed by atoms with Gasteiger partial charge in [-0.3, -0.25) is 4.90 Å². The molecule has 3 rings (SSSR count). The number of halogens is 4. The summed E-state index contributed by atoms with van der Waals surface area (Å²) in [5, 5.41) is 2.98. The van der Waals surface area contributed by atoms with Gasteiger partial charge in [0.2, 0.25) is 0 Å². The fourth-order valence-corrected chi connectivity index (χ4v) is 4.33. The quantitative estimate of drug-likeness (QED) is 0.435. The molecule has 0 radical (unpaired) electrons. The molecule has 0 spiro atoms. The van der Waals surface area contributed by atoms with Crippen LogP contribution in [0.4, 0.5) is 13.2 Å². The number of hydrogen-bond acceptors (Lipinski definition) is 6. The van der Waals surface area contributed by atoms with Gasteiger partial charge in [0, 0.05) is 24.5 Å². The predicted octanol–water partition coefficient (Wildman–Crippen LogP) is 5.52. The van der Waals surface area contributed by atoms with E-state index in [2.05, 4.69) is 5.32 Å². The molecule has 0 bridgehead atoms. The standard InChI is InChI=1S/C28H31F3N2O4.ClH/c1-17-9-11-20(12-10-17)16-33(4)13-14-37-27(35)24-19(3)32-18(2)23(26(34)36-5)25(24)21-7-6-8-22(15-21)28(29,30)31;/h6-12,15,25,32H,13-14,16H2,1-5H3;1H. The molecule has 6 nitrogen and oxygen atoms in total. The van der Waals surface area contributed by atoms with E-state index in [9.17, 15) is 22.8 Å². The Kier molecular flexibility index (Phi) is 10.6. The van der Waals surface area contributed by atoms with Gasteiger partial charge >= 0.3 is 18.1 Å². The van der Waals surface area contributed by atoms with Gasteiger partial charge in [0.25, 0.3) is 0 Å². The lowest BCUT2D eigenvalue weighted by Gasteiger charge is -2.30. The number of ether oxygens (including phenoxy) is 2. The van der Waals surface area contributed by atoms with Crippen LogP contribution >= 0.6 is 12.4 Å². The van der Waals surface area contributed by atoms with E-state index in [1.807, 2.05) is 43.1 Å². The number of likely N-dealkylation sites (N-methyl/N-ethyl adjacent to an activating group) is 1. The van der Waals surface area contributed by atoms with E-state index in [-0.39, 0.29) is 35.7 Å². The van der Waals surface area contributed by atoms with Gasteiger partial charge in [-0.1, -0.05) is 48.0 Å². The van der Waals surface area contributed by atoms with Crippen molar-refractivity contribution in [2.45, 2.75) is 39.4 Å². The molecule has 0 saturated heterocycles. The maximum absolute atomic E-state index is 13.5. The number of hydrogen-bond donors (Lipinski definition) is 1. The summed E-state index contributed by atoms with van der Waals surface area (Å²) in [6.45, 7) is 6.40. The molecule has 0 amide bonds. The third-order valence-corrected chi connectivity index (χ3v) is 6.21. The second kappa shape index (κ2) is 13.0. The van der Waals surface area contributed by atoms with Gasteiger partial charge in [-0.2, -0.15) is 13.2 Å². The molecule has 0 saturated carbocycles. The van der Waals surface area contributed by atoms with Crippen molar-refractivity contribution >= 4 is 24.3 Å². The van der Waals surface area contributed by atoms with Crippen molar-refractivity contribution in [3.05, 3.63) is 93.3 Å². The smallest absolute Gasteiger partial charge is 0.416 e. The van der Waals surface area contributed by atoms with E-state index in [1.54, 1.807) is 13.8 Å². The number of benzene rings is 2. The highest BCUT2D eigenvalue weighted by Crippen LogP contribution is 2.41. The monoisotopic (exact) mass is 552 g/mol. The van der Waals surface area contributed by atoms with E-state index in [0.717, 1.165) is 23.3 Å². The number of nitrogens with zero attached hydrogens (tertiary/aromatic N) is 1.